The van der Waals surface area contributed by atoms with Crippen LogP contribution in [0, 0.1) is 13.8 Å². The molecule has 3 rings (SSSR count). The number of amides is 1. The molecule has 9 nitrogen and oxygen atoms in total. The van der Waals surface area contributed by atoms with Crippen molar-refractivity contribution in [3.63, 3.8) is 0 Å². The van der Waals surface area contributed by atoms with Gasteiger partial charge in [-0.15, -0.1) is 0 Å². The van der Waals surface area contributed by atoms with Crippen LogP contribution in [-0.4, -0.2) is 67.7 Å². The van der Waals surface area contributed by atoms with Gasteiger partial charge in [0.05, 0.1) is 4.90 Å². The largest absolute Gasteiger partial charge is 0.353 e. The molecule has 1 aliphatic heterocycles. The van der Waals surface area contributed by atoms with Crippen LogP contribution in [-0.2, 0) is 14.8 Å². The Kier molecular flexibility index (Phi) is 7.01. The summed E-state index contributed by atoms with van der Waals surface area (Å²) < 4.78 is 27.2. The first-order valence-electron chi connectivity index (χ1n) is 10.1. The molecule has 0 bridgehead atoms. The van der Waals surface area contributed by atoms with Crippen LogP contribution in [0.3, 0.4) is 0 Å². The van der Waals surface area contributed by atoms with Crippen molar-refractivity contribution in [3.8, 4) is 0 Å². The van der Waals surface area contributed by atoms with Crippen LogP contribution in [0.4, 0.5) is 5.82 Å². The third kappa shape index (κ3) is 5.86. The minimum absolute atomic E-state index is 0.0140. The third-order valence-electron chi connectivity index (χ3n) is 5.11. The number of aromatic nitrogens is 2. The maximum Gasteiger partial charge on any atom is 0.240 e. The number of piperazine rings is 1. The number of aryl methyl sites for hydroxylation is 2. The molecule has 2 heterocycles. The Labute approximate surface area is 182 Å². The molecule has 0 radical (unpaired) electrons. The molecule has 0 saturated carbocycles. The molecule has 1 fully saturated rings. The molecule has 1 N–H and O–H groups in total. The van der Waals surface area contributed by atoms with Crippen LogP contribution in [0.25, 0.3) is 0 Å². The molecule has 31 heavy (non-hydrogen) atoms. The number of hydrogen-bond donors (Lipinski definition) is 1. The lowest BCUT2D eigenvalue weighted by molar-refractivity contribution is -0.131. The van der Waals surface area contributed by atoms with E-state index in [-0.39, 0.29) is 29.6 Å². The summed E-state index contributed by atoms with van der Waals surface area (Å²) in [7, 11) is -3.74. The van der Waals surface area contributed by atoms with Gasteiger partial charge in [-0.05, 0) is 32.9 Å². The van der Waals surface area contributed by atoms with E-state index < -0.39 is 10.0 Å². The van der Waals surface area contributed by atoms with Gasteiger partial charge >= 0.3 is 0 Å². The number of nitrogens with one attached hydrogen (secondary N) is 1. The second-order valence-electron chi connectivity index (χ2n) is 7.51. The Balaban J connectivity index is 1.48. The van der Waals surface area contributed by atoms with E-state index in [9.17, 15) is 18.0 Å². The van der Waals surface area contributed by atoms with Gasteiger partial charge < -0.3 is 9.80 Å². The molecule has 1 aromatic carbocycles. The maximum absolute atomic E-state index is 12.5. The van der Waals surface area contributed by atoms with Crippen molar-refractivity contribution in [2.75, 3.05) is 37.6 Å². The average molecular weight is 446 g/mol. The SMILES string of the molecule is CC(=O)c1ccc(S(=O)(=O)NCCC(=O)N2CCN(c3cc(C)nc(C)n3)CC2)cc1. The van der Waals surface area contributed by atoms with Gasteiger partial charge in [-0.3, -0.25) is 9.59 Å². The van der Waals surface area contributed by atoms with Crippen molar-refractivity contribution in [1.82, 2.24) is 19.6 Å². The summed E-state index contributed by atoms with van der Waals surface area (Å²) in [6, 6.07) is 7.65. The summed E-state index contributed by atoms with van der Waals surface area (Å²) in [5.74, 6) is 1.36. The van der Waals surface area contributed by atoms with E-state index >= 15 is 0 Å². The Bertz CT molecular complexity index is 1040. The topological polar surface area (TPSA) is 113 Å². The average Bonchev–Trinajstić information content (AvgIpc) is 2.73. The summed E-state index contributed by atoms with van der Waals surface area (Å²) in [5.41, 5.74) is 1.35. The minimum Gasteiger partial charge on any atom is -0.353 e. The highest BCUT2D eigenvalue weighted by molar-refractivity contribution is 7.89. The van der Waals surface area contributed by atoms with Crippen LogP contribution in [0.2, 0.25) is 0 Å². The number of sulfonamides is 1. The summed E-state index contributed by atoms with van der Waals surface area (Å²) in [5, 5.41) is 0. The van der Waals surface area contributed by atoms with Gasteiger partial charge in [-0.25, -0.2) is 23.1 Å². The second-order valence-corrected chi connectivity index (χ2v) is 9.28. The Hall–Kier alpha value is -2.85. The quantitative estimate of drug-likeness (QED) is 0.640. The predicted octanol–water partition coefficient (Wildman–Crippen LogP) is 1.31. The zero-order valence-corrected chi connectivity index (χ0v) is 18.8. The first-order chi connectivity index (χ1) is 14.7. The number of hydrogen-bond acceptors (Lipinski definition) is 7. The van der Waals surface area contributed by atoms with E-state index in [0.717, 1.165) is 17.3 Å². The van der Waals surface area contributed by atoms with Crippen molar-refractivity contribution in [2.24, 2.45) is 0 Å². The van der Waals surface area contributed by atoms with Crippen molar-refractivity contribution in [3.05, 3.63) is 47.4 Å². The monoisotopic (exact) mass is 445 g/mol. The van der Waals surface area contributed by atoms with E-state index in [2.05, 4.69) is 19.6 Å². The fraction of sp³-hybridized carbons (Fsp3) is 0.429. The van der Waals surface area contributed by atoms with Crippen LogP contribution in [0.15, 0.2) is 35.2 Å². The van der Waals surface area contributed by atoms with Gasteiger partial charge in [0.15, 0.2) is 5.78 Å². The van der Waals surface area contributed by atoms with Gasteiger partial charge in [-0.1, -0.05) is 12.1 Å². The molecular weight excluding hydrogens is 418 g/mol. The molecule has 1 aliphatic rings. The van der Waals surface area contributed by atoms with E-state index in [4.69, 9.17) is 0 Å². The van der Waals surface area contributed by atoms with Crippen molar-refractivity contribution >= 4 is 27.5 Å². The van der Waals surface area contributed by atoms with E-state index in [1.54, 1.807) is 4.90 Å². The van der Waals surface area contributed by atoms with Crippen molar-refractivity contribution in [2.45, 2.75) is 32.1 Å². The van der Waals surface area contributed by atoms with Gasteiger partial charge in [-0.2, -0.15) is 0 Å². The molecule has 0 aliphatic carbocycles. The third-order valence-corrected chi connectivity index (χ3v) is 6.59. The van der Waals surface area contributed by atoms with E-state index in [1.165, 1.54) is 31.2 Å². The summed E-state index contributed by atoms with van der Waals surface area (Å²) in [6.45, 7) is 7.65. The molecule has 0 atom stereocenters. The van der Waals surface area contributed by atoms with Crippen molar-refractivity contribution < 1.29 is 18.0 Å². The van der Waals surface area contributed by atoms with Gasteiger partial charge in [0.2, 0.25) is 15.9 Å². The van der Waals surface area contributed by atoms with Crippen LogP contribution < -0.4 is 9.62 Å². The van der Waals surface area contributed by atoms with Crippen LogP contribution >= 0.6 is 0 Å². The number of nitrogens with zero attached hydrogens (tertiary/aromatic N) is 4. The van der Waals surface area contributed by atoms with Gasteiger partial charge in [0, 0.05) is 56.5 Å². The molecule has 1 saturated heterocycles. The summed E-state index contributed by atoms with van der Waals surface area (Å²) >= 11 is 0. The first-order valence-corrected chi connectivity index (χ1v) is 11.6. The number of carbonyl (C=O) groups excluding carboxylic acids is 2. The number of carbonyl (C=O) groups is 2. The Morgan fingerprint density at radius 1 is 1.03 bits per heavy atom. The molecule has 10 heteroatoms. The fourth-order valence-electron chi connectivity index (χ4n) is 3.45. The highest BCUT2D eigenvalue weighted by atomic mass is 32.2. The standard InChI is InChI=1S/C21H27N5O4S/c1-15-14-20(24-17(3)23-15)25-10-12-26(13-11-25)21(28)8-9-22-31(29,30)19-6-4-18(5-7-19)16(2)27/h4-7,14,22H,8-13H2,1-3H3. The van der Waals surface area contributed by atoms with Gasteiger partial charge in [0.1, 0.15) is 11.6 Å². The normalized spacial score (nSPS) is 14.5. The summed E-state index contributed by atoms with van der Waals surface area (Å²) in [4.78, 5) is 36.5. The Morgan fingerprint density at radius 3 is 2.26 bits per heavy atom. The molecular formula is C21H27N5O4S. The lowest BCUT2D eigenvalue weighted by Crippen LogP contribution is -2.49. The summed E-state index contributed by atoms with van der Waals surface area (Å²) in [6.07, 6.45) is 0.0798. The molecule has 2 aromatic rings. The Morgan fingerprint density at radius 2 is 1.68 bits per heavy atom. The lowest BCUT2D eigenvalue weighted by Gasteiger charge is -2.35. The minimum atomic E-state index is -3.74. The molecule has 0 spiro atoms. The predicted molar refractivity (Wildman–Crippen MR) is 117 cm³/mol. The van der Waals surface area contributed by atoms with Crippen LogP contribution in [0.5, 0.6) is 0 Å². The van der Waals surface area contributed by atoms with Crippen LogP contribution in [0.1, 0.15) is 35.2 Å². The zero-order valence-electron chi connectivity index (χ0n) is 18.0. The number of benzene rings is 1. The number of anilines is 1. The molecule has 166 valence electrons. The number of rotatable bonds is 7. The number of ketones is 1. The fourth-order valence-corrected chi connectivity index (χ4v) is 4.48. The van der Waals surface area contributed by atoms with E-state index in [1.807, 2.05) is 19.9 Å². The molecule has 0 unspecified atom stereocenters. The number of Topliss-reactive ketones (excluding diaryl/α,β-unsaturated/α-hetero) is 1. The molecule has 1 amide bonds. The second kappa shape index (κ2) is 9.52. The maximum atomic E-state index is 12.5. The smallest absolute Gasteiger partial charge is 0.240 e. The highest BCUT2D eigenvalue weighted by Crippen LogP contribution is 2.16. The van der Waals surface area contributed by atoms with Crippen molar-refractivity contribution in [1.29, 1.82) is 0 Å². The van der Waals surface area contributed by atoms with E-state index in [0.29, 0.717) is 31.7 Å². The molecule has 1 aromatic heterocycles. The zero-order chi connectivity index (χ0) is 22.6. The first kappa shape index (κ1) is 22.8. The lowest BCUT2D eigenvalue weighted by atomic mass is 10.2. The highest BCUT2D eigenvalue weighted by Gasteiger charge is 2.23. The van der Waals surface area contributed by atoms with Gasteiger partial charge in [0.25, 0.3) is 0 Å².